The number of hydrogen-bond donors (Lipinski definition) is 1. The molecule has 0 saturated carbocycles. The zero-order chi connectivity index (χ0) is 21.9. The summed E-state index contributed by atoms with van der Waals surface area (Å²) < 4.78 is 48.0. The predicted molar refractivity (Wildman–Crippen MR) is 104 cm³/mol. The molecule has 1 aliphatic heterocycles. The van der Waals surface area contributed by atoms with Crippen LogP contribution >= 0.6 is 0 Å². The Labute approximate surface area is 172 Å². The van der Waals surface area contributed by atoms with Gasteiger partial charge in [-0.3, -0.25) is 9.69 Å². The largest absolute Gasteiger partial charge is 0.469 e. The van der Waals surface area contributed by atoms with Crippen LogP contribution in [-0.2, 0) is 22.2 Å². The van der Waals surface area contributed by atoms with Gasteiger partial charge in [0.05, 0.1) is 7.11 Å². The van der Waals surface area contributed by atoms with Crippen LogP contribution in [0.4, 0.5) is 18.9 Å². The minimum absolute atomic E-state index is 0.307. The number of rotatable bonds is 6. The number of alkyl halides is 3. The lowest BCUT2D eigenvalue weighted by Crippen LogP contribution is -2.58. The predicted octanol–water partition coefficient (Wildman–Crippen LogP) is 1.78. The van der Waals surface area contributed by atoms with Crippen molar-refractivity contribution in [2.24, 2.45) is 13.0 Å². The monoisotopic (exact) mass is 426 g/mol. The molecule has 0 aliphatic carbocycles. The highest BCUT2D eigenvalue weighted by Gasteiger charge is 2.65. The summed E-state index contributed by atoms with van der Waals surface area (Å²) in [5.41, 5.74) is -2.45. The average Bonchev–Trinajstić information content (AvgIpc) is 3.17. The van der Waals surface area contributed by atoms with Crippen LogP contribution in [0.1, 0.15) is 5.82 Å². The summed E-state index contributed by atoms with van der Waals surface area (Å²) in [5, 5.41) is 10.9. The van der Waals surface area contributed by atoms with Gasteiger partial charge in [-0.1, -0.05) is 18.2 Å². The molecule has 3 rings (SSSR count). The lowest BCUT2D eigenvalue weighted by Gasteiger charge is -2.41. The van der Waals surface area contributed by atoms with Crippen LogP contribution in [0.5, 0.6) is 0 Å². The van der Waals surface area contributed by atoms with Gasteiger partial charge in [-0.25, -0.2) is 4.98 Å². The molecule has 1 saturated heterocycles. The van der Waals surface area contributed by atoms with E-state index < -0.39 is 29.5 Å². The minimum atomic E-state index is -5.13. The number of esters is 1. The molecule has 1 aliphatic rings. The van der Waals surface area contributed by atoms with E-state index in [4.69, 9.17) is 0 Å². The topological polar surface area (TPSA) is 70.8 Å². The number of methoxy groups -OCH3 is 1. The Morgan fingerprint density at radius 3 is 2.33 bits per heavy atom. The number of anilines is 1. The number of imidazole rings is 1. The second kappa shape index (κ2) is 8.65. The number of carbonyl (C=O) groups is 1. The molecule has 2 aromatic rings. The molecule has 164 valence electrons. The Hall–Kier alpha value is -2.59. The van der Waals surface area contributed by atoms with E-state index in [-0.39, 0.29) is 6.54 Å². The molecule has 0 radical (unpaired) electrons. The molecule has 0 bridgehead atoms. The first-order valence-electron chi connectivity index (χ1n) is 9.55. The second-order valence-electron chi connectivity index (χ2n) is 7.32. The minimum Gasteiger partial charge on any atom is -0.469 e. The number of aromatic nitrogens is 2. The van der Waals surface area contributed by atoms with Gasteiger partial charge in [0.1, 0.15) is 5.92 Å². The van der Waals surface area contributed by atoms with Crippen molar-refractivity contribution in [3.05, 3.63) is 48.5 Å². The first-order chi connectivity index (χ1) is 14.2. The lowest BCUT2D eigenvalue weighted by molar-refractivity contribution is -0.291. The first kappa shape index (κ1) is 22.1. The van der Waals surface area contributed by atoms with Crippen molar-refractivity contribution in [3.63, 3.8) is 0 Å². The summed E-state index contributed by atoms with van der Waals surface area (Å²) in [7, 11) is 2.35. The SMILES string of the molecule is COC(=O)[C@H](CN1CCN(c2ccccc2)CC1)[C@@](O)(c1nccn1C)C(F)(F)F. The van der Waals surface area contributed by atoms with Gasteiger partial charge in [-0.2, -0.15) is 13.2 Å². The number of nitrogens with zero attached hydrogens (tertiary/aromatic N) is 4. The number of para-hydroxylation sites is 1. The third-order valence-electron chi connectivity index (χ3n) is 5.52. The third kappa shape index (κ3) is 4.15. The van der Waals surface area contributed by atoms with Crippen LogP contribution in [0.2, 0.25) is 0 Å². The highest BCUT2D eigenvalue weighted by Crippen LogP contribution is 2.44. The average molecular weight is 426 g/mol. The fourth-order valence-electron chi connectivity index (χ4n) is 3.82. The fourth-order valence-corrected chi connectivity index (χ4v) is 3.82. The quantitative estimate of drug-likeness (QED) is 0.711. The molecule has 1 N–H and O–H groups in total. The lowest BCUT2D eigenvalue weighted by atomic mass is 9.84. The zero-order valence-electron chi connectivity index (χ0n) is 16.8. The molecule has 2 atom stereocenters. The Morgan fingerprint density at radius 2 is 1.83 bits per heavy atom. The Balaban J connectivity index is 1.83. The van der Waals surface area contributed by atoms with Crippen LogP contribution in [-0.4, -0.2) is 71.5 Å². The van der Waals surface area contributed by atoms with Gasteiger partial charge in [-0.05, 0) is 12.1 Å². The summed E-state index contributed by atoms with van der Waals surface area (Å²) in [6.07, 6.45) is -2.69. The van der Waals surface area contributed by atoms with E-state index in [9.17, 15) is 23.1 Å². The summed E-state index contributed by atoms with van der Waals surface area (Å²) in [6, 6.07) is 9.69. The van der Waals surface area contributed by atoms with E-state index in [1.807, 2.05) is 30.3 Å². The van der Waals surface area contributed by atoms with Crippen molar-refractivity contribution >= 4 is 11.7 Å². The van der Waals surface area contributed by atoms with E-state index >= 15 is 0 Å². The van der Waals surface area contributed by atoms with E-state index in [1.165, 1.54) is 13.2 Å². The van der Waals surface area contributed by atoms with Crippen molar-refractivity contribution in [2.75, 3.05) is 44.7 Å². The van der Waals surface area contributed by atoms with Gasteiger partial charge in [0.25, 0.3) is 0 Å². The fraction of sp³-hybridized carbons (Fsp3) is 0.500. The van der Waals surface area contributed by atoms with Gasteiger partial charge in [0, 0.05) is 57.9 Å². The molecule has 1 fully saturated rings. The van der Waals surface area contributed by atoms with Crippen molar-refractivity contribution in [3.8, 4) is 0 Å². The number of benzene rings is 1. The van der Waals surface area contributed by atoms with E-state index in [2.05, 4.69) is 14.6 Å². The number of hydrogen-bond acceptors (Lipinski definition) is 6. The summed E-state index contributed by atoms with van der Waals surface area (Å²) >= 11 is 0. The molecular weight excluding hydrogens is 401 g/mol. The molecule has 10 heteroatoms. The van der Waals surface area contributed by atoms with E-state index in [0.29, 0.717) is 26.2 Å². The second-order valence-corrected chi connectivity index (χ2v) is 7.32. The van der Waals surface area contributed by atoms with Crippen molar-refractivity contribution in [1.82, 2.24) is 14.5 Å². The van der Waals surface area contributed by atoms with Crippen LogP contribution in [0.15, 0.2) is 42.7 Å². The number of piperazine rings is 1. The normalized spacial score (nSPS) is 18.7. The number of carbonyl (C=O) groups excluding carboxylic acids is 1. The maximum absolute atomic E-state index is 14.1. The van der Waals surface area contributed by atoms with Crippen molar-refractivity contribution in [2.45, 2.75) is 11.8 Å². The molecule has 1 aromatic heterocycles. The molecule has 0 unspecified atom stereocenters. The molecule has 0 amide bonds. The Morgan fingerprint density at radius 1 is 1.20 bits per heavy atom. The standard InChI is InChI=1S/C20H25F3N4O3/c1-25-9-8-24-18(25)19(29,20(21,22)23)16(17(28)30-2)14-26-10-12-27(13-11-26)15-6-4-3-5-7-15/h3-9,16,29H,10-14H2,1-2H3/t16-,19+/m0/s1. The molecule has 2 heterocycles. The summed E-state index contributed by atoms with van der Waals surface area (Å²) in [5.74, 6) is -3.66. The van der Waals surface area contributed by atoms with E-state index in [0.717, 1.165) is 23.6 Å². The highest BCUT2D eigenvalue weighted by atomic mass is 19.4. The smallest absolute Gasteiger partial charge is 0.425 e. The summed E-state index contributed by atoms with van der Waals surface area (Å²) in [6.45, 7) is 1.75. The summed E-state index contributed by atoms with van der Waals surface area (Å²) in [4.78, 5) is 20.0. The third-order valence-corrected chi connectivity index (χ3v) is 5.52. The number of aliphatic hydroxyl groups is 1. The maximum Gasteiger partial charge on any atom is 0.425 e. The highest BCUT2D eigenvalue weighted by molar-refractivity contribution is 5.74. The van der Waals surface area contributed by atoms with Gasteiger partial charge in [-0.15, -0.1) is 0 Å². The van der Waals surface area contributed by atoms with Crippen LogP contribution in [0.3, 0.4) is 0 Å². The van der Waals surface area contributed by atoms with E-state index in [1.54, 1.807) is 4.90 Å². The number of ether oxygens (including phenoxy) is 1. The Bertz CT molecular complexity index is 850. The first-order valence-corrected chi connectivity index (χ1v) is 9.55. The van der Waals surface area contributed by atoms with Crippen molar-refractivity contribution < 1.29 is 27.8 Å². The maximum atomic E-state index is 14.1. The van der Waals surface area contributed by atoms with Crippen LogP contribution < -0.4 is 4.90 Å². The molecule has 0 spiro atoms. The van der Waals surface area contributed by atoms with Gasteiger partial charge >= 0.3 is 12.1 Å². The molecule has 1 aromatic carbocycles. The zero-order valence-corrected chi connectivity index (χ0v) is 16.8. The molecular formula is C20H25F3N4O3. The van der Waals surface area contributed by atoms with Crippen LogP contribution in [0, 0.1) is 5.92 Å². The number of halogens is 3. The molecule has 7 nitrogen and oxygen atoms in total. The van der Waals surface area contributed by atoms with Gasteiger partial charge in [0.2, 0.25) is 5.60 Å². The van der Waals surface area contributed by atoms with Gasteiger partial charge in [0.15, 0.2) is 5.82 Å². The van der Waals surface area contributed by atoms with Crippen LogP contribution in [0.25, 0.3) is 0 Å². The number of aryl methyl sites for hydroxylation is 1. The Kier molecular flexibility index (Phi) is 6.37. The van der Waals surface area contributed by atoms with Gasteiger partial charge < -0.3 is 19.3 Å². The molecule has 30 heavy (non-hydrogen) atoms. The van der Waals surface area contributed by atoms with Crippen molar-refractivity contribution in [1.29, 1.82) is 0 Å².